The van der Waals surface area contributed by atoms with E-state index < -0.39 is 0 Å². The number of aromatic amines is 1. The second kappa shape index (κ2) is 7.36. The van der Waals surface area contributed by atoms with Crippen LogP contribution in [0.15, 0.2) is 30.3 Å². The van der Waals surface area contributed by atoms with Crippen LogP contribution >= 0.6 is 12.4 Å². The van der Waals surface area contributed by atoms with E-state index in [1.807, 2.05) is 11.0 Å². The zero-order valence-corrected chi connectivity index (χ0v) is 14.4. The minimum atomic E-state index is 0. The quantitative estimate of drug-likeness (QED) is 0.896. The third-order valence-electron chi connectivity index (χ3n) is 4.96. The fraction of sp³-hybridized carbons (Fsp3) is 0.444. The lowest BCUT2D eigenvalue weighted by atomic mass is 10.0. The van der Waals surface area contributed by atoms with Crippen molar-refractivity contribution in [2.24, 2.45) is 0 Å². The predicted molar refractivity (Wildman–Crippen MR) is 95.5 cm³/mol. The Balaban J connectivity index is 0.00000169. The van der Waals surface area contributed by atoms with Crippen LogP contribution in [0.4, 0.5) is 0 Å². The number of hydrogen-bond donors (Lipinski definition) is 2. The number of nitrogens with one attached hydrogen (secondary N) is 2. The van der Waals surface area contributed by atoms with Crippen LogP contribution < -0.4 is 5.32 Å². The molecule has 1 saturated heterocycles. The largest absolute Gasteiger partial charge is 0.334 e. The average Bonchev–Trinajstić information content (AvgIpc) is 3.22. The van der Waals surface area contributed by atoms with Crippen LogP contribution in [0.2, 0.25) is 0 Å². The van der Waals surface area contributed by atoms with Crippen molar-refractivity contribution in [1.82, 2.24) is 20.4 Å². The number of carbonyl (C=O) groups is 1. The number of hydrogen-bond acceptors (Lipinski definition) is 3. The molecule has 2 aromatic rings. The van der Waals surface area contributed by atoms with Gasteiger partial charge in [-0.25, -0.2) is 0 Å². The van der Waals surface area contributed by atoms with E-state index in [1.54, 1.807) is 0 Å². The second-order valence-electron chi connectivity index (χ2n) is 6.44. The SMILES string of the molecule is Cl.O=C(c1n[nH]c2c1CNCC2)N1CCCC1Cc1ccccc1. The molecule has 24 heavy (non-hydrogen) atoms. The van der Waals surface area contributed by atoms with Crippen molar-refractivity contribution in [3.8, 4) is 0 Å². The number of amides is 1. The lowest BCUT2D eigenvalue weighted by Gasteiger charge is -2.25. The van der Waals surface area contributed by atoms with E-state index in [2.05, 4.69) is 39.8 Å². The van der Waals surface area contributed by atoms with Gasteiger partial charge < -0.3 is 10.2 Å². The fourth-order valence-corrected chi connectivity index (χ4v) is 3.74. The van der Waals surface area contributed by atoms with E-state index in [1.165, 1.54) is 5.56 Å². The number of rotatable bonds is 3. The van der Waals surface area contributed by atoms with E-state index in [0.717, 1.165) is 56.6 Å². The first kappa shape index (κ1) is 17.0. The molecule has 1 aromatic carbocycles. The molecule has 2 aliphatic heterocycles. The molecule has 0 bridgehead atoms. The van der Waals surface area contributed by atoms with E-state index in [-0.39, 0.29) is 24.4 Å². The molecule has 0 aliphatic carbocycles. The summed E-state index contributed by atoms with van der Waals surface area (Å²) in [7, 11) is 0. The summed E-state index contributed by atoms with van der Waals surface area (Å²) in [4.78, 5) is 15.0. The van der Waals surface area contributed by atoms with Gasteiger partial charge in [-0.2, -0.15) is 5.10 Å². The van der Waals surface area contributed by atoms with E-state index in [9.17, 15) is 4.79 Å². The Morgan fingerprint density at radius 1 is 1.29 bits per heavy atom. The minimum Gasteiger partial charge on any atom is -0.334 e. The van der Waals surface area contributed by atoms with Crippen molar-refractivity contribution in [1.29, 1.82) is 0 Å². The standard InChI is InChI=1S/C18H22N4O.ClH/c23-18(17-15-12-19-9-8-16(15)20-21-17)22-10-4-7-14(22)11-13-5-2-1-3-6-13;/h1-3,5-6,14,19H,4,7-12H2,(H,20,21);1H. The lowest BCUT2D eigenvalue weighted by Crippen LogP contribution is -2.38. The fourth-order valence-electron chi connectivity index (χ4n) is 3.74. The van der Waals surface area contributed by atoms with Crippen molar-refractivity contribution in [3.63, 3.8) is 0 Å². The highest BCUT2D eigenvalue weighted by atomic mass is 35.5. The Morgan fingerprint density at radius 3 is 2.96 bits per heavy atom. The van der Waals surface area contributed by atoms with Gasteiger partial charge in [-0.3, -0.25) is 9.89 Å². The Bertz CT molecular complexity index is 700. The van der Waals surface area contributed by atoms with Crippen LogP contribution in [0.3, 0.4) is 0 Å². The first-order chi connectivity index (χ1) is 11.3. The molecule has 128 valence electrons. The van der Waals surface area contributed by atoms with Crippen LogP contribution in [-0.4, -0.2) is 40.1 Å². The van der Waals surface area contributed by atoms with Crippen LogP contribution in [-0.2, 0) is 19.4 Å². The predicted octanol–water partition coefficient (Wildman–Crippen LogP) is 2.32. The Labute approximate surface area is 148 Å². The molecule has 6 heteroatoms. The van der Waals surface area contributed by atoms with E-state index in [4.69, 9.17) is 0 Å². The van der Waals surface area contributed by atoms with Gasteiger partial charge in [0, 0.05) is 43.4 Å². The van der Waals surface area contributed by atoms with E-state index in [0.29, 0.717) is 5.69 Å². The molecule has 0 radical (unpaired) electrons. The van der Waals surface area contributed by atoms with Gasteiger partial charge in [0.2, 0.25) is 0 Å². The van der Waals surface area contributed by atoms with Crippen molar-refractivity contribution in [3.05, 3.63) is 52.8 Å². The summed E-state index contributed by atoms with van der Waals surface area (Å²) in [5, 5.41) is 10.7. The summed E-state index contributed by atoms with van der Waals surface area (Å²) in [5.74, 6) is 0.0876. The number of benzene rings is 1. The molecule has 1 amide bonds. The van der Waals surface area contributed by atoms with Gasteiger partial charge in [0.05, 0.1) is 0 Å². The van der Waals surface area contributed by atoms with Crippen LogP contribution in [0.25, 0.3) is 0 Å². The molecule has 5 nitrogen and oxygen atoms in total. The van der Waals surface area contributed by atoms with Gasteiger partial charge in [-0.05, 0) is 24.8 Å². The summed E-state index contributed by atoms with van der Waals surface area (Å²) in [6.45, 7) is 2.53. The monoisotopic (exact) mass is 346 g/mol. The maximum Gasteiger partial charge on any atom is 0.274 e. The molecular weight excluding hydrogens is 324 g/mol. The lowest BCUT2D eigenvalue weighted by molar-refractivity contribution is 0.0729. The highest BCUT2D eigenvalue weighted by Gasteiger charge is 2.33. The topological polar surface area (TPSA) is 61.0 Å². The second-order valence-corrected chi connectivity index (χ2v) is 6.44. The molecule has 1 atom stereocenters. The van der Waals surface area contributed by atoms with Crippen LogP contribution in [0.5, 0.6) is 0 Å². The average molecular weight is 347 g/mol. The van der Waals surface area contributed by atoms with Crippen molar-refractivity contribution in [2.75, 3.05) is 13.1 Å². The molecule has 2 aliphatic rings. The van der Waals surface area contributed by atoms with Crippen molar-refractivity contribution >= 4 is 18.3 Å². The molecule has 3 heterocycles. The smallest absolute Gasteiger partial charge is 0.274 e. The summed E-state index contributed by atoms with van der Waals surface area (Å²) in [6, 6.07) is 10.7. The third kappa shape index (κ3) is 3.19. The van der Waals surface area contributed by atoms with Gasteiger partial charge in [0.25, 0.3) is 5.91 Å². The van der Waals surface area contributed by atoms with Gasteiger partial charge in [-0.1, -0.05) is 30.3 Å². The molecule has 1 aromatic heterocycles. The number of fused-ring (bicyclic) bond motifs is 1. The Kier molecular flexibility index (Phi) is 5.21. The molecule has 1 unspecified atom stereocenters. The highest BCUT2D eigenvalue weighted by Crippen LogP contribution is 2.25. The number of nitrogens with zero attached hydrogens (tertiary/aromatic N) is 2. The van der Waals surface area contributed by atoms with Crippen LogP contribution in [0.1, 0.15) is 40.2 Å². The maximum atomic E-state index is 13.0. The third-order valence-corrected chi connectivity index (χ3v) is 4.96. The molecular formula is C18H23ClN4O. The maximum absolute atomic E-state index is 13.0. The zero-order valence-electron chi connectivity index (χ0n) is 13.6. The first-order valence-corrected chi connectivity index (χ1v) is 8.44. The molecule has 4 rings (SSSR count). The molecule has 0 saturated carbocycles. The number of carbonyl (C=O) groups excluding carboxylic acids is 1. The Morgan fingerprint density at radius 2 is 2.12 bits per heavy atom. The number of H-pyrrole nitrogens is 1. The van der Waals surface area contributed by atoms with Gasteiger partial charge in [-0.15, -0.1) is 12.4 Å². The van der Waals surface area contributed by atoms with Gasteiger partial charge in [0.1, 0.15) is 0 Å². The molecule has 0 spiro atoms. The van der Waals surface area contributed by atoms with E-state index >= 15 is 0 Å². The van der Waals surface area contributed by atoms with Crippen molar-refractivity contribution in [2.45, 2.75) is 38.3 Å². The summed E-state index contributed by atoms with van der Waals surface area (Å²) < 4.78 is 0. The number of likely N-dealkylation sites (tertiary alicyclic amines) is 1. The molecule has 2 N–H and O–H groups in total. The molecule has 1 fully saturated rings. The normalized spacial score (nSPS) is 19.7. The van der Waals surface area contributed by atoms with Gasteiger partial charge >= 0.3 is 0 Å². The number of aromatic nitrogens is 2. The minimum absolute atomic E-state index is 0. The highest BCUT2D eigenvalue weighted by molar-refractivity contribution is 5.94. The van der Waals surface area contributed by atoms with Gasteiger partial charge in [0.15, 0.2) is 5.69 Å². The first-order valence-electron chi connectivity index (χ1n) is 8.44. The van der Waals surface area contributed by atoms with Crippen LogP contribution in [0, 0.1) is 0 Å². The summed E-state index contributed by atoms with van der Waals surface area (Å²) in [5.41, 5.74) is 4.09. The summed E-state index contributed by atoms with van der Waals surface area (Å²) >= 11 is 0. The summed E-state index contributed by atoms with van der Waals surface area (Å²) in [6.07, 6.45) is 4.00. The Hall–Kier alpha value is -1.85. The number of halogens is 1. The van der Waals surface area contributed by atoms with Crippen molar-refractivity contribution < 1.29 is 4.79 Å². The zero-order chi connectivity index (χ0) is 15.6.